The Kier molecular flexibility index (Phi) is 35.8. The zero-order valence-electron chi connectivity index (χ0n) is 67.6. The van der Waals surface area contributed by atoms with Crippen LogP contribution >= 0.6 is 0 Å². The molecule has 0 aromatic carbocycles. The number of halogens is 10. The van der Waals surface area contributed by atoms with Gasteiger partial charge in [-0.15, -0.1) is 5.10 Å². The van der Waals surface area contributed by atoms with Crippen LogP contribution in [0.3, 0.4) is 0 Å². The number of aromatic nitrogens is 17. The first kappa shape index (κ1) is 94.8. The van der Waals surface area contributed by atoms with E-state index in [9.17, 15) is 43.9 Å². The summed E-state index contributed by atoms with van der Waals surface area (Å²) in [4.78, 5) is 44.8. The topological polar surface area (TPSA) is 231 Å². The molecule has 0 aliphatic carbocycles. The van der Waals surface area contributed by atoms with Crippen molar-refractivity contribution in [3.63, 3.8) is 0 Å². The largest absolute Gasteiger partial charge is 0.318 e. The van der Waals surface area contributed by atoms with Crippen LogP contribution in [0.15, 0.2) is 116 Å². The number of H-pyrrole nitrogens is 4. The maximum absolute atomic E-state index is 13.0. The maximum atomic E-state index is 13.0. The Morgan fingerprint density at radius 2 is 0.783 bits per heavy atom. The minimum absolute atomic E-state index is 0.00375. The number of imidazole rings is 2. The van der Waals surface area contributed by atoms with Crippen LogP contribution in [0.5, 0.6) is 0 Å². The van der Waals surface area contributed by atoms with Crippen molar-refractivity contribution in [2.75, 3.05) is 0 Å². The fourth-order valence-corrected chi connectivity index (χ4v) is 7.67. The zero-order chi connectivity index (χ0) is 82.0. The summed E-state index contributed by atoms with van der Waals surface area (Å²) in [5.41, 5.74) is 6.09. The van der Waals surface area contributed by atoms with E-state index in [1.807, 2.05) is 220 Å². The fourth-order valence-electron chi connectivity index (χ4n) is 7.67. The van der Waals surface area contributed by atoms with E-state index < -0.39 is 48.0 Å². The van der Waals surface area contributed by atoms with Crippen molar-refractivity contribution in [1.29, 1.82) is 0 Å². The molecule has 0 bridgehead atoms. The van der Waals surface area contributed by atoms with Gasteiger partial charge in [0, 0.05) is 115 Å². The molecule has 10 rings (SSSR count). The van der Waals surface area contributed by atoms with Gasteiger partial charge in [0.15, 0.2) is 0 Å². The molecule has 0 aliphatic rings. The lowest BCUT2D eigenvalue weighted by molar-refractivity contribution is 0.496. The number of nitrogens with one attached hydrogen (secondary N) is 4. The third kappa shape index (κ3) is 37.7. The van der Waals surface area contributed by atoms with Crippen molar-refractivity contribution in [2.45, 2.75) is 262 Å². The van der Waals surface area contributed by atoms with Gasteiger partial charge in [0.2, 0.25) is 41.6 Å². The zero-order valence-corrected chi connectivity index (χ0v) is 67.6. The van der Waals surface area contributed by atoms with E-state index >= 15 is 0 Å². The molecule has 4 N–H and O–H groups in total. The third-order valence-electron chi connectivity index (χ3n) is 14.2. The third-order valence-corrected chi connectivity index (χ3v) is 14.2. The van der Waals surface area contributed by atoms with E-state index in [1.165, 1.54) is 80.0 Å². The molecule has 0 atom stereocenters. The van der Waals surface area contributed by atoms with Gasteiger partial charge in [-0.2, -0.15) is 49.0 Å². The van der Waals surface area contributed by atoms with Crippen LogP contribution in [0.4, 0.5) is 43.9 Å². The average Bonchev–Trinajstić information content (AvgIpc) is 1.68. The molecule has 0 saturated carbocycles. The smallest absolute Gasteiger partial charge is 0.308 e. The number of aromatic amines is 4. The second kappa shape index (κ2) is 40.0. The Morgan fingerprint density at radius 1 is 0.302 bits per heavy atom. The van der Waals surface area contributed by atoms with Gasteiger partial charge in [-0.1, -0.05) is 220 Å². The second-order valence-corrected chi connectivity index (χ2v) is 34.6. The van der Waals surface area contributed by atoms with Gasteiger partial charge >= 0.3 is 6.08 Å². The molecule has 10 aromatic heterocycles. The molecule has 17 nitrogen and oxygen atoms in total. The normalized spacial score (nSPS) is 11.8. The summed E-state index contributed by atoms with van der Waals surface area (Å²) in [7, 11) is 0. The summed E-state index contributed by atoms with van der Waals surface area (Å²) in [6, 6.07) is 17.5. The highest BCUT2D eigenvalue weighted by Gasteiger charge is 2.24. The maximum Gasteiger partial charge on any atom is 0.308 e. The first-order chi connectivity index (χ1) is 48.0. The number of rotatable bonds is 0. The summed E-state index contributed by atoms with van der Waals surface area (Å²) >= 11 is 0. The molecule has 10 heterocycles. The molecule has 0 fully saturated rings. The van der Waals surface area contributed by atoms with Gasteiger partial charge in [-0.25, -0.2) is 54.8 Å². The van der Waals surface area contributed by atoms with Gasteiger partial charge in [0.25, 0.3) is 12.2 Å². The molecule has 0 radical (unpaired) electrons. The molecule has 0 saturated heterocycles. The van der Waals surface area contributed by atoms with Crippen LogP contribution < -0.4 is 0 Å². The lowest BCUT2D eigenvalue weighted by Gasteiger charge is -2.18. The SMILES string of the molecule is CC(C)(C)c1cc(F)n[nH]1.CC(C)(C)c1cc(F)ncn1.CC(C)(C)c1cccc(F)n1.CC(C)(C)c1cccnc1F.CC(C)(C)c1ccnc(F)c1.CC(C)(C)c1ccnc(F)n1.CC(C)(C)c1cn[nH]c1F.CC(C)(C)c1cnc(F)[nH]1.CC(C)(C)c1cnc(F)[nH]1.CC(C)(C)c1nccc(F)n1. The Morgan fingerprint density at radius 3 is 1.07 bits per heavy atom. The van der Waals surface area contributed by atoms with E-state index in [1.54, 1.807) is 24.3 Å². The predicted molar refractivity (Wildman–Crippen MR) is 400 cm³/mol. The molecule has 584 valence electrons. The molecule has 0 amide bonds. The van der Waals surface area contributed by atoms with E-state index in [2.05, 4.69) is 85.2 Å². The van der Waals surface area contributed by atoms with E-state index in [-0.39, 0.29) is 66.0 Å². The van der Waals surface area contributed by atoms with Crippen molar-refractivity contribution < 1.29 is 43.9 Å². The van der Waals surface area contributed by atoms with Crippen molar-refractivity contribution in [2.24, 2.45) is 0 Å². The van der Waals surface area contributed by atoms with E-state index in [0.717, 1.165) is 39.7 Å². The summed E-state index contributed by atoms with van der Waals surface area (Å²) in [6.07, 6.45) is 9.97. The Labute approximate surface area is 621 Å². The molecular weight excluding hydrogens is 1380 g/mol. The molecule has 0 unspecified atom stereocenters. The predicted octanol–water partition coefficient (Wildman–Crippen LogP) is 20.7. The first-order valence-corrected chi connectivity index (χ1v) is 34.2. The summed E-state index contributed by atoms with van der Waals surface area (Å²) < 4.78 is 125. The van der Waals surface area contributed by atoms with Crippen LogP contribution in [0, 0.1) is 59.9 Å². The number of hydrogen-bond donors (Lipinski definition) is 4. The second-order valence-electron chi connectivity index (χ2n) is 34.6. The highest BCUT2D eigenvalue weighted by molar-refractivity contribution is 5.22. The van der Waals surface area contributed by atoms with E-state index in [0.29, 0.717) is 17.0 Å². The highest BCUT2D eigenvalue weighted by Crippen LogP contribution is 2.27. The molecule has 106 heavy (non-hydrogen) atoms. The van der Waals surface area contributed by atoms with Crippen molar-refractivity contribution in [1.82, 2.24) is 85.2 Å². The molecular formula is C79H113F10N17. The lowest BCUT2D eigenvalue weighted by atomic mass is 9.88. The number of pyridine rings is 3. The van der Waals surface area contributed by atoms with Crippen molar-refractivity contribution in [3.8, 4) is 0 Å². The van der Waals surface area contributed by atoms with Crippen molar-refractivity contribution >= 4 is 0 Å². The number of hydrogen-bond acceptors (Lipinski definition) is 13. The van der Waals surface area contributed by atoms with Crippen molar-refractivity contribution in [3.05, 3.63) is 233 Å². The molecule has 0 spiro atoms. The quantitative estimate of drug-likeness (QED) is 0.0480. The minimum Gasteiger partial charge on any atom is -0.318 e. The molecule has 0 aliphatic heterocycles. The fraction of sp³-hybridized carbons (Fsp3) is 0.506. The van der Waals surface area contributed by atoms with Crippen LogP contribution in [0.1, 0.15) is 264 Å². The van der Waals surface area contributed by atoms with Crippen LogP contribution in [-0.4, -0.2) is 85.2 Å². The highest BCUT2D eigenvalue weighted by atomic mass is 19.2. The van der Waals surface area contributed by atoms with E-state index in [4.69, 9.17) is 0 Å². The summed E-state index contributed by atoms with van der Waals surface area (Å²) in [5.74, 6) is -2.33. The monoisotopic (exact) mass is 1490 g/mol. The van der Waals surface area contributed by atoms with Gasteiger partial charge < -0.3 is 9.97 Å². The Balaban J connectivity index is 0.000000589. The van der Waals surface area contributed by atoms with Crippen LogP contribution in [0.2, 0.25) is 0 Å². The van der Waals surface area contributed by atoms with Gasteiger partial charge in [0.05, 0.1) is 30.0 Å². The Hall–Kier alpha value is -9.17. The van der Waals surface area contributed by atoms with Crippen LogP contribution in [0.25, 0.3) is 0 Å². The summed E-state index contributed by atoms with van der Waals surface area (Å²) in [6.45, 7) is 59.6. The minimum atomic E-state index is -0.655. The molecule has 10 aromatic rings. The van der Waals surface area contributed by atoms with Gasteiger partial charge in [0.1, 0.15) is 12.2 Å². The Bertz CT molecular complexity index is 3730. The first-order valence-electron chi connectivity index (χ1n) is 34.2. The molecule has 27 heteroatoms. The standard InChI is InChI=1S/3C9H12FN.3C8H11FN2.4C7H11FN2/c1-9(2,3)7-4-5-11-8(10)6-7;1-9(2,3)7-5-4-6-11-8(7)10;1-9(2,3)7-5-4-6-8(10)11-7;1-8(2,3)6-4-7(9)11-5-10-6;1-8(2,3)7-10-5-4-6(9)11-7;1-8(2,3)6-4-5-10-7(9)11-6;2*1-7(2,3)5-4-9-6(8)10-5;1-7(2,3)5-4-9-10-6(5)8;1-7(2,3)5-4-6(8)10-9-5/h3*4-6H,1-3H3;3*4-5H,1-3H3;4*4H,1-3H3,(H,9,10). The van der Waals surface area contributed by atoms with Gasteiger partial charge in [-0.3, -0.25) is 10.2 Å². The lowest BCUT2D eigenvalue weighted by Crippen LogP contribution is -2.16. The summed E-state index contributed by atoms with van der Waals surface area (Å²) in [5, 5.41) is 11.9. The van der Waals surface area contributed by atoms with Crippen LogP contribution in [-0.2, 0) is 54.1 Å². The van der Waals surface area contributed by atoms with Gasteiger partial charge in [-0.05, 0) is 58.2 Å². The number of nitrogens with zero attached hydrogens (tertiary/aromatic N) is 13. The average molecular weight is 1490 g/mol.